The topological polar surface area (TPSA) is 84.5 Å². The van der Waals surface area contributed by atoms with Gasteiger partial charge in [0, 0.05) is 17.6 Å². The molecule has 1 atom stereocenters. The van der Waals surface area contributed by atoms with Gasteiger partial charge in [-0.05, 0) is 46.5 Å². The highest BCUT2D eigenvalue weighted by Crippen LogP contribution is 2.27. The average molecular weight is 443 g/mol. The molecule has 0 aliphatic heterocycles. The Kier molecular flexibility index (Phi) is 8.32. The second-order valence-corrected chi connectivity index (χ2v) is 9.97. The van der Waals surface area contributed by atoms with E-state index in [-0.39, 0.29) is 23.9 Å². The maximum atomic E-state index is 13.2. The first-order valence-corrected chi connectivity index (χ1v) is 12.2. The molecule has 32 heavy (non-hydrogen) atoms. The number of hydrogen-bond donors (Lipinski definition) is 2. The minimum Gasteiger partial charge on any atom is -0.446 e. The first-order chi connectivity index (χ1) is 15.3. The zero-order valence-electron chi connectivity index (χ0n) is 19.7. The summed E-state index contributed by atoms with van der Waals surface area (Å²) >= 11 is 0. The van der Waals surface area contributed by atoms with Crippen molar-refractivity contribution in [1.82, 2.24) is 10.6 Å². The first-order valence-electron chi connectivity index (χ1n) is 12.2. The Balaban J connectivity index is 1.71. The molecule has 2 N–H and O–H groups in total. The standard InChI is InChI=1S/C26H38N2O4/c1-18-14-16-19(17-15-18)22(23(29)27-20-10-6-4-7-11-20)32-25(31)26(2,3)24(30)28-21-12-8-5-9-13-21/h14-17,20-22H,4-13H2,1-3H3,(H,27,29)(H,28,30). The number of amides is 2. The normalized spacial score (nSPS) is 19.1. The summed E-state index contributed by atoms with van der Waals surface area (Å²) in [7, 11) is 0. The Hall–Kier alpha value is -2.37. The molecule has 1 aromatic rings. The van der Waals surface area contributed by atoms with Crippen LogP contribution < -0.4 is 10.6 Å². The number of rotatable bonds is 7. The summed E-state index contributed by atoms with van der Waals surface area (Å²) in [5, 5.41) is 6.08. The van der Waals surface area contributed by atoms with Crippen molar-refractivity contribution in [2.45, 2.75) is 103 Å². The molecule has 0 heterocycles. The van der Waals surface area contributed by atoms with Crippen molar-refractivity contribution in [3.63, 3.8) is 0 Å². The Morgan fingerprint density at radius 2 is 1.34 bits per heavy atom. The van der Waals surface area contributed by atoms with E-state index in [9.17, 15) is 14.4 Å². The van der Waals surface area contributed by atoms with E-state index in [1.54, 1.807) is 13.8 Å². The molecule has 1 unspecified atom stereocenters. The smallest absolute Gasteiger partial charge is 0.322 e. The molecule has 6 nitrogen and oxygen atoms in total. The summed E-state index contributed by atoms with van der Waals surface area (Å²) in [4.78, 5) is 39.2. The van der Waals surface area contributed by atoms with Crippen molar-refractivity contribution >= 4 is 17.8 Å². The number of aryl methyl sites for hydroxylation is 1. The largest absolute Gasteiger partial charge is 0.446 e. The van der Waals surface area contributed by atoms with Gasteiger partial charge in [0.05, 0.1) is 0 Å². The molecule has 0 aromatic heterocycles. The molecule has 0 saturated heterocycles. The van der Waals surface area contributed by atoms with E-state index in [0.717, 1.165) is 56.9 Å². The number of nitrogens with one attached hydrogen (secondary N) is 2. The molecule has 2 aliphatic carbocycles. The highest BCUT2D eigenvalue weighted by Gasteiger charge is 2.41. The average Bonchev–Trinajstić information content (AvgIpc) is 2.79. The van der Waals surface area contributed by atoms with Gasteiger partial charge in [-0.3, -0.25) is 14.4 Å². The van der Waals surface area contributed by atoms with Crippen LogP contribution in [0.3, 0.4) is 0 Å². The first kappa shape index (κ1) is 24.3. The molecule has 2 amide bonds. The van der Waals surface area contributed by atoms with Crippen LogP contribution in [0.25, 0.3) is 0 Å². The molecule has 176 valence electrons. The van der Waals surface area contributed by atoms with Crippen molar-refractivity contribution in [2.24, 2.45) is 5.41 Å². The summed E-state index contributed by atoms with van der Waals surface area (Å²) in [6, 6.07) is 7.61. The summed E-state index contributed by atoms with van der Waals surface area (Å²) in [6.07, 6.45) is 9.41. The Morgan fingerprint density at radius 1 is 0.844 bits per heavy atom. The lowest BCUT2D eigenvalue weighted by Crippen LogP contribution is -2.49. The summed E-state index contributed by atoms with van der Waals surface area (Å²) in [5.74, 6) is -1.35. The minimum absolute atomic E-state index is 0.102. The molecular formula is C26H38N2O4. The molecule has 0 bridgehead atoms. The van der Waals surface area contributed by atoms with Gasteiger partial charge < -0.3 is 15.4 Å². The van der Waals surface area contributed by atoms with E-state index in [4.69, 9.17) is 4.74 Å². The third-order valence-electron chi connectivity index (χ3n) is 6.81. The van der Waals surface area contributed by atoms with Crippen LogP contribution in [-0.2, 0) is 19.1 Å². The highest BCUT2D eigenvalue weighted by atomic mass is 16.5. The lowest BCUT2D eigenvalue weighted by molar-refractivity contribution is -0.168. The number of carbonyl (C=O) groups is 3. The van der Waals surface area contributed by atoms with Crippen molar-refractivity contribution in [1.29, 1.82) is 0 Å². The van der Waals surface area contributed by atoms with Crippen LogP contribution >= 0.6 is 0 Å². The van der Waals surface area contributed by atoms with Gasteiger partial charge in [0.2, 0.25) is 12.0 Å². The fourth-order valence-corrected chi connectivity index (χ4v) is 4.50. The van der Waals surface area contributed by atoms with Crippen LogP contribution in [-0.4, -0.2) is 29.9 Å². The monoisotopic (exact) mass is 442 g/mol. The number of hydrogen-bond acceptors (Lipinski definition) is 4. The van der Waals surface area contributed by atoms with Crippen molar-refractivity contribution in [3.8, 4) is 0 Å². The van der Waals surface area contributed by atoms with Gasteiger partial charge in [0.15, 0.2) is 0 Å². The number of carbonyl (C=O) groups excluding carboxylic acids is 3. The predicted octanol–water partition coefficient (Wildman–Crippen LogP) is 4.50. The van der Waals surface area contributed by atoms with Crippen LogP contribution in [0, 0.1) is 12.3 Å². The van der Waals surface area contributed by atoms with Gasteiger partial charge in [-0.1, -0.05) is 68.4 Å². The Morgan fingerprint density at radius 3 is 1.88 bits per heavy atom. The lowest BCUT2D eigenvalue weighted by Gasteiger charge is -2.30. The zero-order chi connectivity index (χ0) is 23.1. The molecule has 6 heteroatoms. The zero-order valence-corrected chi connectivity index (χ0v) is 19.7. The number of esters is 1. The molecule has 2 fully saturated rings. The van der Waals surface area contributed by atoms with Crippen molar-refractivity contribution < 1.29 is 19.1 Å². The van der Waals surface area contributed by atoms with Gasteiger partial charge in [0.1, 0.15) is 5.41 Å². The maximum Gasteiger partial charge on any atom is 0.322 e. The van der Waals surface area contributed by atoms with Crippen LogP contribution in [0.2, 0.25) is 0 Å². The second kappa shape index (κ2) is 11.0. The van der Waals surface area contributed by atoms with Gasteiger partial charge in [-0.2, -0.15) is 0 Å². The van der Waals surface area contributed by atoms with Gasteiger partial charge in [0.25, 0.3) is 5.91 Å². The summed E-state index contributed by atoms with van der Waals surface area (Å²) < 4.78 is 5.74. The maximum absolute atomic E-state index is 13.2. The fraction of sp³-hybridized carbons (Fsp3) is 0.654. The molecule has 2 saturated carbocycles. The third kappa shape index (κ3) is 6.33. The fourth-order valence-electron chi connectivity index (χ4n) is 4.50. The van der Waals surface area contributed by atoms with Gasteiger partial charge >= 0.3 is 5.97 Å². The minimum atomic E-state index is -1.38. The lowest BCUT2D eigenvalue weighted by atomic mass is 9.89. The molecule has 3 rings (SSSR count). The molecular weight excluding hydrogens is 404 g/mol. The number of benzene rings is 1. The SMILES string of the molecule is Cc1ccc(C(OC(=O)C(C)(C)C(=O)NC2CCCCC2)C(=O)NC2CCCCC2)cc1. The van der Waals surface area contributed by atoms with Crippen molar-refractivity contribution in [2.75, 3.05) is 0 Å². The van der Waals surface area contributed by atoms with E-state index in [1.807, 2.05) is 31.2 Å². The van der Waals surface area contributed by atoms with Gasteiger partial charge in [-0.25, -0.2) is 0 Å². The van der Waals surface area contributed by atoms with E-state index in [0.29, 0.717) is 5.56 Å². The molecule has 0 radical (unpaired) electrons. The second-order valence-electron chi connectivity index (χ2n) is 9.97. The van der Waals surface area contributed by atoms with E-state index in [2.05, 4.69) is 10.6 Å². The van der Waals surface area contributed by atoms with E-state index < -0.39 is 17.5 Å². The number of ether oxygens (including phenoxy) is 1. The quantitative estimate of drug-likeness (QED) is 0.481. The van der Waals surface area contributed by atoms with Crippen LogP contribution in [0.4, 0.5) is 0 Å². The molecule has 1 aromatic carbocycles. The van der Waals surface area contributed by atoms with Crippen molar-refractivity contribution in [3.05, 3.63) is 35.4 Å². The third-order valence-corrected chi connectivity index (χ3v) is 6.81. The van der Waals surface area contributed by atoms with E-state index >= 15 is 0 Å². The molecule has 2 aliphatic rings. The summed E-state index contributed by atoms with van der Waals surface area (Å²) in [6.45, 7) is 5.10. The van der Waals surface area contributed by atoms with Crippen LogP contribution in [0.1, 0.15) is 95.3 Å². The van der Waals surface area contributed by atoms with Gasteiger partial charge in [-0.15, -0.1) is 0 Å². The Labute approximate surface area is 191 Å². The summed E-state index contributed by atoms with van der Waals surface area (Å²) in [5.41, 5.74) is 0.283. The highest BCUT2D eigenvalue weighted by molar-refractivity contribution is 6.02. The van der Waals surface area contributed by atoms with Crippen LogP contribution in [0.15, 0.2) is 24.3 Å². The van der Waals surface area contributed by atoms with Crippen LogP contribution in [0.5, 0.6) is 0 Å². The molecule has 0 spiro atoms. The van der Waals surface area contributed by atoms with E-state index in [1.165, 1.54) is 12.8 Å². The predicted molar refractivity (Wildman–Crippen MR) is 124 cm³/mol. The Bertz CT molecular complexity index is 791.